The lowest BCUT2D eigenvalue weighted by molar-refractivity contribution is -0.120. The standard InChI is InChI=1S/C17H25F2N3O3S/c1-10-7-11(5-6-20-10)16(23)21-14-9-15(13(19)8-12(14)18)26(24,25)22-17(2,3)4/h8-11,20,22H,5-7H2,1-4H3,(H,21,23)/t10-,11-/m0/s1. The molecule has 2 rings (SSSR count). The van der Waals surface area contributed by atoms with Gasteiger partial charge in [0.05, 0.1) is 5.69 Å². The van der Waals surface area contributed by atoms with Gasteiger partial charge in [0.15, 0.2) is 0 Å². The van der Waals surface area contributed by atoms with Crippen molar-refractivity contribution in [2.24, 2.45) is 5.92 Å². The number of hydrogen-bond donors (Lipinski definition) is 3. The molecule has 1 aliphatic heterocycles. The maximum Gasteiger partial charge on any atom is 0.244 e. The number of amides is 1. The molecular formula is C17H25F2N3O3S. The van der Waals surface area contributed by atoms with Crippen LogP contribution in [0.5, 0.6) is 0 Å². The number of carbonyl (C=O) groups is 1. The molecule has 1 amide bonds. The van der Waals surface area contributed by atoms with Gasteiger partial charge >= 0.3 is 0 Å². The zero-order valence-corrected chi connectivity index (χ0v) is 16.1. The molecule has 0 bridgehead atoms. The van der Waals surface area contributed by atoms with E-state index in [1.165, 1.54) is 0 Å². The van der Waals surface area contributed by atoms with Crippen molar-refractivity contribution in [3.05, 3.63) is 23.8 Å². The van der Waals surface area contributed by atoms with Crippen molar-refractivity contribution in [2.45, 2.75) is 57.0 Å². The van der Waals surface area contributed by atoms with E-state index in [9.17, 15) is 22.0 Å². The highest BCUT2D eigenvalue weighted by atomic mass is 32.2. The molecule has 9 heteroatoms. The Balaban J connectivity index is 2.28. The normalized spacial score (nSPS) is 21.5. The maximum absolute atomic E-state index is 14.1. The summed E-state index contributed by atoms with van der Waals surface area (Å²) >= 11 is 0. The minimum Gasteiger partial charge on any atom is -0.323 e. The summed E-state index contributed by atoms with van der Waals surface area (Å²) in [5.74, 6) is -2.96. The largest absolute Gasteiger partial charge is 0.323 e. The molecule has 0 unspecified atom stereocenters. The summed E-state index contributed by atoms with van der Waals surface area (Å²) in [7, 11) is -4.21. The van der Waals surface area contributed by atoms with Crippen LogP contribution in [-0.2, 0) is 14.8 Å². The lowest BCUT2D eigenvalue weighted by Gasteiger charge is -2.27. The van der Waals surface area contributed by atoms with Gasteiger partial charge in [0.1, 0.15) is 16.5 Å². The zero-order valence-electron chi connectivity index (χ0n) is 15.3. The Morgan fingerprint density at radius 3 is 2.46 bits per heavy atom. The number of carbonyl (C=O) groups excluding carboxylic acids is 1. The molecule has 6 nitrogen and oxygen atoms in total. The molecule has 146 valence electrons. The van der Waals surface area contributed by atoms with Crippen LogP contribution in [0.15, 0.2) is 17.0 Å². The lowest BCUT2D eigenvalue weighted by Crippen LogP contribution is -2.41. The molecule has 26 heavy (non-hydrogen) atoms. The predicted molar refractivity (Wildman–Crippen MR) is 95.3 cm³/mol. The summed E-state index contributed by atoms with van der Waals surface area (Å²) in [4.78, 5) is 11.7. The lowest BCUT2D eigenvalue weighted by atomic mass is 9.92. The fraction of sp³-hybridized carbons (Fsp3) is 0.588. The molecule has 1 aromatic carbocycles. The molecule has 1 saturated heterocycles. The van der Waals surface area contributed by atoms with Crippen molar-refractivity contribution in [2.75, 3.05) is 11.9 Å². The fourth-order valence-corrected chi connectivity index (χ4v) is 4.40. The van der Waals surface area contributed by atoms with Crippen molar-refractivity contribution < 1.29 is 22.0 Å². The Morgan fingerprint density at radius 1 is 1.23 bits per heavy atom. The summed E-state index contributed by atoms with van der Waals surface area (Å²) in [6, 6.07) is 1.45. The average Bonchev–Trinajstić information content (AvgIpc) is 2.47. The Hall–Kier alpha value is -1.58. The Kier molecular flexibility index (Phi) is 6.04. The van der Waals surface area contributed by atoms with Crippen molar-refractivity contribution in [3.8, 4) is 0 Å². The first-order valence-corrected chi connectivity index (χ1v) is 9.94. The Bertz CT molecular complexity index is 791. The summed E-state index contributed by atoms with van der Waals surface area (Å²) in [6.07, 6.45) is 1.18. The van der Waals surface area contributed by atoms with Gasteiger partial charge < -0.3 is 10.6 Å². The van der Waals surface area contributed by atoms with E-state index in [2.05, 4.69) is 15.4 Å². The summed E-state index contributed by atoms with van der Waals surface area (Å²) in [5.41, 5.74) is -1.19. The fourth-order valence-electron chi connectivity index (χ4n) is 2.89. The number of rotatable bonds is 4. The number of halogens is 2. The number of piperidine rings is 1. The van der Waals surface area contributed by atoms with Crippen LogP contribution in [0.25, 0.3) is 0 Å². The van der Waals surface area contributed by atoms with Crippen molar-refractivity contribution in [3.63, 3.8) is 0 Å². The first kappa shape index (κ1) is 20.7. The monoisotopic (exact) mass is 389 g/mol. The van der Waals surface area contributed by atoms with Crippen LogP contribution in [0.3, 0.4) is 0 Å². The maximum atomic E-state index is 14.1. The van der Waals surface area contributed by atoms with E-state index in [-0.39, 0.29) is 17.6 Å². The molecule has 0 aliphatic carbocycles. The highest BCUT2D eigenvalue weighted by Gasteiger charge is 2.29. The highest BCUT2D eigenvalue weighted by molar-refractivity contribution is 7.89. The van der Waals surface area contributed by atoms with Crippen molar-refractivity contribution in [1.29, 1.82) is 0 Å². The van der Waals surface area contributed by atoms with Crippen LogP contribution in [0, 0.1) is 17.6 Å². The number of anilines is 1. The van der Waals surface area contributed by atoms with E-state index in [4.69, 9.17) is 0 Å². The third kappa shape index (κ3) is 5.21. The molecule has 0 radical (unpaired) electrons. The number of nitrogens with one attached hydrogen (secondary N) is 3. The van der Waals surface area contributed by atoms with Gasteiger partial charge in [0.2, 0.25) is 15.9 Å². The Morgan fingerprint density at radius 2 is 1.88 bits per heavy atom. The topological polar surface area (TPSA) is 87.3 Å². The van der Waals surface area contributed by atoms with Gasteiger partial charge in [-0.3, -0.25) is 4.79 Å². The van der Waals surface area contributed by atoms with E-state index in [1.807, 2.05) is 6.92 Å². The van der Waals surface area contributed by atoms with Gasteiger partial charge in [0.25, 0.3) is 0 Å². The number of hydrogen-bond acceptors (Lipinski definition) is 4. The van der Waals surface area contributed by atoms with Gasteiger partial charge in [0, 0.05) is 23.6 Å². The molecule has 0 spiro atoms. The molecular weight excluding hydrogens is 364 g/mol. The summed E-state index contributed by atoms with van der Waals surface area (Å²) < 4.78 is 55.2. The van der Waals surface area contributed by atoms with Gasteiger partial charge in [-0.1, -0.05) is 0 Å². The van der Waals surface area contributed by atoms with Crippen LogP contribution >= 0.6 is 0 Å². The summed E-state index contributed by atoms with van der Waals surface area (Å²) in [6.45, 7) is 7.42. The first-order valence-electron chi connectivity index (χ1n) is 8.46. The molecule has 0 aromatic heterocycles. The first-order chi connectivity index (χ1) is 11.9. The van der Waals surface area contributed by atoms with Crippen LogP contribution < -0.4 is 15.4 Å². The van der Waals surface area contributed by atoms with Gasteiger partial charge in [-0.15, -0.1) is 0 Å². The average molecular weight is 389 g/mol. The zero-order chi connectivity index (χ0) is 19.7. The van der Waals surface area contributed by atoms with E-state index in [0.29, 0.717) is 25.5 Å². The molecule has 1 heterocycles. The van der Waals surface area contributed by atoms with E-state index in [1.54, 1.807) is 20.8 Å². The van der Waals surface area contributed by atoms with Crippen molar-refractivity contribution in [1.82, 2.24) is 10.0 Å². The quantitative estimate of drug-likeness (QED) is 0.738. The second-order valence-electron chi connectivity index (χ2n) is 7.68. The van der Waals surface area contributed by atoms with E-state index >= 15 is 0 Å². The minimum atomic E-state index is -4.21. The summed E-state index contributed by atoms with van der Waals surface area (Å²) in [5, 5.41) is 5.61. The van der Waals surface area contributed by atoms with E-state index in [0.717, 1.165) is 6.07 Å². The van der Waals surface area contributed by atoms with Crippen LogP contribution in [-0.4, -0.2) is 32.5 Å². The molecule has 1 aliphatic rings. The van der Waals surface area contributed by atoms with Crippen LogP contribution in [0.4, 0.5) is 14.5 Å². The van der Waals surface area contributed by atoms with E-state index < -0.39 is 38.0 Å². The van der Waals surface area contributed by atoms with Gasteiger partial charge in [-0.25, -0.2) is 21.9 Å². The predicted octanol–water partition coefficient (Wildman–Crippen LogP) is 2.37. The third-order valence-electron chi connectivity index (χ3n) is 4.00. The van der Waals surface area contributed by atoms with Crippen LogP contribution in [0.1, 0.15) is 40.5 Å². The second-order valence-corrected chi connectivity index (χ2v) is 9.33. The SMILES string of the molecule is C[C@H]1C[C@@H](C(=O)Nc2cc(S(=O)(=O)NC(C)(C)C)c(F)cc2F)CCN1. The molecule has 1 fully saturated rings. The molecule has 3 N–H and O–H groups in total. The smallest absolute Gasteiger partial charge is 0.244 e. The molecule has 2 atom stereocenters. The van der Waals surface area contributed by atoms with Gasteiger partial charge in [-0.2, -0.15) is 0 Å². The highest BCUT2D eigenvalue weighted by Crippen LogP contribution is 2.26. The number of sulfonamides is 1. The second kappa shape index (κ2) is 7.58. The molecule has 0 saturated carbocycles. The van der Waals surface area contributed by atoms with Crippen molar-refractivity contribution >= 4 is 21.6 Å². The van der Waals surface area contributed by atoms with Crippen LogP contribution in [0.2, 0.25) is 0 Å². The van der Waals surface area contributed by atoms with Gasteiger partial charge in [-0.05, 0) is 53.1 Å². The third-order valence-corrected chi connectivity index (χ3v) is 5.78. The Labute approximate surface area is 152 Å². The molecule has 1 aromatic rings. The minimum absolute atomic E-state index is 0.157. The number of benzene rings is 1.